The molecule has 2 heteroatoms. The molecule has 0 bridgehead atoms. The zero-order chi connectivity index (χ0) is 12.1. The Hall–Kier alpha value is -0.580. The number of halogens is 2. The zero-order valence-corrected chi connectivity index (χ0v) is 10.5. The van der Waals surface area contributed by atoms with Crippen LogP contribution >= 0.6 is 0 Å². The van der Waals surface area contributed by atoms with Crippen molar-refractivity contribution in [2.24, 2.45) is 11.3 Å². The lowest BCUT2D eigenvalue weighted by Crippen LogP contribution is -2.24. The first-order valence-electron chi connectivity index (χ1n) is 5.74. The third-order valence-electron chi connectivity index (χ3n) is 2.99. The summed E-state index contributed by atoms with van der Waals surface area (Å²) in [6.45, 7) is 9.68. The topological polar surface area (TPSA) is 0 Å². The van der Waals surface area contributed by atoms with E-state index in [2.05, 4.69) is 11.8 Å². The van der Waals surface area contributed by atoms with Gasteiger partial charge in [0.15, 0.2) is 0 Å². The maximum absolute atomic E-state index is 13.1. The highest BCUT2D eigenvalue weighted by Gasteiger charge is 2.50. The lowest BCUT2D eigenvalue weighted by molar-refractivity contribution is -0.00258. The van der Waals surface area contributed by atoms with E-state index in [1.54, 1.807) is 6.92 Å². The summed E-state index contributed by atoms with van der Waals surface area (Å²) in [6, 6.07) is 0. The highest BCUT2D eigenvalue weighted by atomic mass is 19.3. The molecule has 1 fully saturated rings. The number of alkyl halides is 2. The minimum atomic E-state index is -2.49. The Bertz CT molecular complexity index is 245. The lowest BCUT2D eigenvalue weighted by Gasteiger charge is -2.27. The second-order valence-electron chi connectivity index (χ2n) is 4.22. The summed E-state index contributed by atoms with van der Waals surface area (Å²) in [7, 11) is 0. The monoisotopic (exact) mass is 216 g/mol. The van der Waals surface area contributed by atoms with E-state index in [1.165, 1.54) is 0 Å². The fourth-order valence-electron chi connectivity index (χ4n) is 2.04. The van der Waals surface area contributed by atoms with Gasteiger partial charge in [-0.25, -0.2) is 8.78 Å². The summed E-state index contributed by atoms with van der Waals surface area (Å²) in [5, 5.41) is 0. The molecule has 1 atom stereocenters. The van der Waals surface area contributed by atoms with E-state index in [0.717, 1.165) is 0 Å². The van der Waals surface area contributed by atoms with Crippen LogP contribution in [0.1, 0.15) is 53.9 Å². The van der Waals surface area contributed by atoms with Gasteiger partial charge in [-0.05, 0) is 19.3 Å². The van der Waals surface area contributed by atoms with Crippen LogP contribution in [0.25, 0.3) is 0 Å². The Kier molecular flexibility index (Phi) is 5.28. The maximum atomic E-state index is 13.1. The van der Waals surface area contributed by atoms with Crippen LogP contribution in [0.5, 0.6) is 0 Å². The van der Waals surface area contributed by atoms with Gasteiger partial charge in [-0.1, -0.05) is 33.6 Å². The summed E-state index contributed by atoms with van der Waals surface area (Å²) in [5.41, 5.74) is -0.432. The molecule has 1 rings (SSSR count). The van der Waals surface area contributed by atoms with Crippen molar-refractivity contribution in [3.05, 3.63) is 0 Å². The summed E-state index contributed by atoms with van der Waals surface area (Å²) >= 11 is 0. The van der Waals surface area contributed by atoms with Crippen molar-refractivity contribution >= 4 is 0 Å². The molecule has 1 saturated carbocycles. The third-order valence-corrected chi connectivity index (χ3v) is 2.99. The molecule has 0 aromatic heterocycles. The molecule has 1 aliphatic rings. The standard InChI is InChI=1S/C11H16F2.C2H6/c1-4-5-10(9(2)3)6-7-11(12,13)8-10;1-2/h9H,6-8H2,1-3H3;1-2H3. The SMILES string of the molecule is CC.CC#CC1(C(C)C)CCC(F)(F)C1. The van der Waals surface area contributed by atoms with Gasteiger partial charge in [-0.15, -0.1) is 5.92 Å². The van der Waals surface area contributed by atoms with Gasteiger partial charge in [0.25, 0.3) is 0 Å². The molecule has 1 aliphatic carbocycles. The summed E-state index contributed by atoms with van der Waals surface area (Å²) < 4.78 is 26.1. The quantitative estimate of drug-likeness (QED) is 0.566. The van der Waals surface area contributed by atoms with Gasteiger partial charge in [0.2, 0.25) is 5.92 Å². The molecule has 0 radical (unpaired) electrons. The Morgan fingerprint density at radius 2 is 1.67 bits per heavy atom. The third kappa shape index (κ3) is 3.48. The molecule has 88 valence electrons. The molecule has 1 unspecified atom stereocenters. The van der Waals surface area contributed by atoms with Gasteiger partial charge < -0.3 is 0 Å². The second kappa shape index (κ2) is 5.49. The minimum Gasteiger partial charge on any atom is -0.207 e. The molecule has 0 heterocycles. The fraction of sp³-hybridized carbons (Fsp3) is 0.846. The first-order valence-corrected chi connectivity index (χ1v) is 5.74. The number of hydrogen-bond acceptors (Lipinski definition) is 0. The van der Waals surface area contributed by atoms with Crippen LogP contribution in [0.3, 0.4) is 0 Å². The minimum absolute atomic E-state index is 0.000139. The van der Waals surface area contributed by atoms with Crippen LogP contribution in [-0.4, -0.2) is 5.92 Å². The number of hydrogen-bond donors (Lipinski definition) is 0. The van der Waals surface area contributed by atoms with Crippen LogP contribution in [0.15, 0.2) is 0 Å². The Morgan fingerprint density at radius 3 is 1.93 bits per heavy atom. The molecule has 15 heavy (non-hydrogen) atoms. The average molecular weight is 216 g/mol. The van der Waals surface area contributed by atoms with Gasteiger partial charge in [0.1, 0.15) is 0 Å². The molecule has 0 spiro atoms. The van der Waals surface area contributed by atoms with Crippen LogP contribution in [0.4, 0.5) is 8.78 Å². The highest BCUT2D eigenvalue weighted by molar-refractivity contribution is 5.16. The van der Waals surface area contributed by atoms with Crippen molar-refractivity contribution in [1.29, 1.82) is 0 Å². The summed E-state index contributed by atoms with van der Waals surface area (Å²) in [6.07, 6.45) is 0.483. The fourth-order valence-corrected chi connectivity index (χ4v) is 2.04. The van der Waals surface area contributed by atoms with Crippen molar-refractivity contribution in [3.8, 4) is 11.8 Å². The predicted octanol–water partition coefficient (Wildman–Crippen LogP) is 4.50. The van der Waals surface area contributed by atoms with Crippen LogP contribution in [0, 0.1) is 23.2 Å². The predicted molar refractivity (Wildman–Crippen MR) is 60.9 cm³/mol. The van der Waals surface area contributed by atoms with Crippen molar-refractivity contribution in [2.75, 3.05) is 0 Å². The second-order valence-corrected chi connectivity index (χ2v) is 4.22. The normalized spacial score (nSPS) is 27.7. The molecule has 0 nitrogen and oxygen atoms in total. The summed E-state index contributed by atoms with van der Waals surface area (Å²) in [4.78, 5) is 0. The van der Waals surface area contributed by atoms with Gasteiger partial charge in [-0.2, -0.15) is 0 Å². The van der Waals surface area contributed by atoms with Crippen LogP contribution in [-0.2, 0) is 0 Å². The lowest BCUT2D eigenvalue weighted by atomic mass is 9.76. The molecule has 0 aromatic rings. The highest BCUT2D eigenvalue weighted by Crippen LogP contribution is 2.50. The molecule has 0 aliphatic heterocycles. The largest absolute Gasteiger partial charge is 0.249 e. The van der Waals surface area contributed by atoms with E-state index < -0.39 is 11.3 Å². The summed E-state index contributed by atoms with van der Waals surface area (Å²) in [5.74, 6) is 3.49. The van der Waals surface area contributed by atoms with Crippen molar-refractivity contribution in [2.45, 2.75) is 59.8 Å². The number of rotatable bonds is 1. The molecule has 0 saturated heterocycles. The van der Waals surface area contributed by atoms with Gasteiger partial charge in [0.05, 0.1) is 0 Å². The van der Waals surface area contributed by atoms with E-state index in [1.807, 2.05) is 27.7 Å². The smallest absolute Gasteiger partial charge is 0.207 e. The zero-order valence-electron chi connectivity index (χ0n) is 10.5. The van der Waals surface area contributed by atoms with E-state index in [0.29, 0.717) is 6.42 Å². The molecule has 0 amide bonds. The van der Waals surface area contributed by atoms with E-state index in [-0.39, 0.29) is 18.8 Å². The molecular weight excluding hydrogens is 194 g/mol. The van der Waals surface area contributed by atoms with Crippen molar-refractivity contribution in [1.82, 2.24) is 0 Å². The van der Waals surface area contributed by atoms with Crippen LogP contribution in [0.2, 0.25) is 0 Å². The van der Waals surface area contributed by atoms with E-state index in [9.17, 15) is 8.78 Å². The van der Waals surface area contributed by atoms with E-state index in [4.69, 9.17) is 0 Å². The maximum Gasteiger partial charge on any atom is 0.249 e. The average Bonchev–Trinajstić information content (AvgIpc) is 2.47. The molecular formula is C13H22F2. The molecule has 0 aromatic carbocycles. The van der Waals surface area contributed by atoms with Gasteiger partial charge in [0, 0.05) is 18.3 Å². The van der Waals surface area contributed by atoms with Crippen molar-refractivity contribution < 1.29 is 8.78 Å². The first kappa shape index (κ1) is 14.4. The Labute approximate surface area is 92.4 Å². The Morgan fingerprint density at radius 1 is 1.13 bits per heavy atom. The Balaban J connectivity index is 0.000000921. The van der Waals surface area contributed by atoms with Crippen molar-refractivity contribution in [3.63, 3.8) is 0 Å². The molecule has 0 N–H and O–H groups in total. The van der Waals surface area contributed by atoms with Gasteiger partial charge in [-0.3, -0.25) is 0 Å². The van der Waals surface area contributed by atoms with E-state index >= 15 is 0 Å². The first-order chi connectivity index (χ1) is 6.92. The van der Waals surface area contributed by atoms with Gasteiger partial charge >= 0.3 is 0 Å². The van der Waals surface area contributed by atoms with Crippen LogP contribution < -0.4 is 0 Å².